The number of aromatic nitrogens is 2. The van der Waals surface area contributed by atoms with Gasteiger partial charge >= 0.3 is 0 Å². The Morgan fingerprint density at radius 3 is 2.78 bits per heavy atom. The Labute approximate surface area is 106 Å². The van der Waals surface area contributed by atoms with Crippen LogP contribution < -0.4 is 4.74 Å². The number of imidazole rings is 1. The lowest BCUT2D eigenvalue weighted by Gasteiger charge is -2.08. The van der Waals surface area contributed by atoms with E-state index >= 15 is 0 Å². The summed E-state index contributed by atoms with van der Waals surface area (Å²) < 4.78 is 7.71. The molecule has 0 saturated carbocycles. The third-order valence-electron chi connectivity index (χ3n) is 2.70. The molecule has 0 spiro atoms. The van der Waals surface area contributed by atoms with E-state index in [1.54, 1.807) is 18.3 Å². The topological polar surface area (TPSA) is 50.8 Å². The quantitative estimate of drug-likeness (QED) is 0.807. The number of nitriles is 1. The lowest BCUT2D eigenvalue weighted by atomic mass is 10.2. The van der Waals surface area contributed by atoms with Crippen molar-refractivity contribution in [1.29, 1.82) is 5.26 Å². The third-order valence-corrected chi connectivity index (χ3v) is 2.70. The molecule has 0 aliphatic rings. The number of hydrogen-bond acceptors (Lipinski definition) is 3. The second-order valence-electron chi connectivity index (χ2n) is 3.88. The summed E-state index contributed by atoms with van der Waals surface area (Å²) in [6.45, 7) is 3.46. The maximum atomic E-state index is 8.69. The SMILES string of the molecule is CCc1nccn1CCOc1ccc(C#N)cc1. The molecule has 0 atom stereocenters. The second kappa shape index (κ2) is 5.87. The maximum Gasteiger partial charge on any atom is 0.119 e. The first-order chi connectivity index (χ1) is 8.83. The molecule has 0 bridgehead atoms. The highest BCUT2D eigenvalue weighted by molar-refractivity contribution is 5.34. The van der Waals surface area contributed by atoms with Gasteiger partial charge in [0.05, 0.1) is 18.2 Å². The van der Waals surface area contributed by atoms with E-state index in [1.165, 1.54) is 0 Å². The van der Waals surface area contributed by atoms with Crippen molar-refractivity contribution >= 4 is 0 Å². The molecule has 0 amide bonds. The summed E-state index contributed by atoms with van der Waals surface area (Å²) in [5.41, 5.74) is 0.644. The van der Waals surface area contributed by atoms with Gasteiger partial charge in [-0.25, -0.2) is 4.98 Å². The predicted molar refractivity (Wildman–Crippen MR) is 68.3 cm³/mol. The molecule has 0 unspecified atom stereocenters. The smallest absolute Gasteiger partial charge is 0.119 e. The Morgan fingerprint density at radius 2 is 2.11 bits per heavy atom. The standard InChI is InChI=1S/C14H15N3O/c1-2-14-16-7-8-17(14)9-10-18-13-5-3-12(11-15)4-6-13/h3-8H,2,9-10H2,1H3. The minimum absolute atomic E-state index is 0.593. The van der Waals surface area contributed by atoms with Gasteiger partial charge in [0, 0.05) is 18.8 Å². The molecular formula is C14H15N3O. The van der Waals surface area contributed by atoms with Gasteiger partial charge in [0.1, 0.15) is 18.2 Å². The summed E-state index contributed by atoms with van der Waals surface area (Å²) in [4.78, 5) is 4.25. The van der Waals surface area contributed by atoms with Crippen molar-refractivity contribution in [3.05, 3.63) is 48.0 Å². The van der Waals surface area contributed by atoms with Crippen LogP contribution in [-0.4, -0.2) is 16.2 Å². The monoisotopic (exact) mass is 241 g/mol. The molecule has 0 saturated heterocycles. The van der Waals surface area contributed by atoms with Crippen molar-refractivity contribution in [3.8, 4) is 11.8 Å². The van der Waals surface area contributed by atoms with Crippen LogP contribution in [0.1, 0.15) is 18.3 Å². The van der Waals surface area contributed by atoms with Gasteiger partial charge in [0.25, 0.3) is 0 Å². The summed E-state index contributed by atoms with van der Waals surface area (Å²) in [6.07, 6.45) is 4.69. The van der Waals surface area contributed by atoms with E-state index in [0.717, 1.165) is 24.5 Å². The molecule has 0 radical (unpaired) electrons. The molecule has 1 aromatic carbocycles. The average molecular weight is 241 g/mol. The van der Waals surface area contributed by atoms with Crippen molar-refractivity contribution in [2.24, 2.45) is 0 Å². The first-order valence-corrected chi connectivity index (χ1v) is 5.96. The predicted octanol–water partition coefficient (Wildman–Crippen LogP) is 2.40. The number of benzene rings is 1. The van der Waals surface area contributed by atoms with Gasteiger partial charge in [-0.05, 0) is 24.3 Å². The van der Waals surface area contributed by atoms with E-state index in [-0.39, 0.29) is 0 Å². The highest BCUT2D eigenvalue weighted by Crippen LogP contribution is 2.11. The molecule has 4 nitrogen and oxygen atoms in total. The van der Waals surface area contributed by atoms with Crippen molar-refractivity contribution in [1.82, 2.24) is 9.55 Å². The molecule has 2 rings (SSSR count). The van der Waals surface area contributed by atoms with Gasteiger partial charge in [-0.2, -0.15) is 5.26 Å². The fourth-order valence-electron chi connectivity index (χ4n) is 1.75. The molecule has 1 heterocycles. The van der Waals surface area contributed by atoms with Gasteiger partial charge in [0.2, 0.25) is 0 Å². The molecule has 0 N–H and O–H groups in total. The Balaban J connectivity index is 1.87. The molecule has 18 heavy (non-hydrogen) atoms. The van der Waals surface area contributed by atoms with Crippen molar-refractivity contribution < 1.29 is 4.74 Å². The van der Waals surface area contributed by atoms with Crippen LogP contribution in [0.25, 0.3) is 0 Å². The number of ether oxygens (including phenoxy) is 1. The van der Waals surface area contributed by atoms with Gasteiger partial charge in [-0.15, -0.1) is 0 Å². The molecule has 92 valence electrons. The lowest BCUT2D eigenvalue weighted by Crippen LogP contribution is -2.10. The highest BCUT2D eigenvalue weighted by atomic mass is 16.5. The molecular weight excluding hydrogens is 226 g/mol. The summed E-state index contributed by atoms with van der Waals surface area (Å²) in [7, 11) is 0. The van der Waals surface area contributed by atoms with Crippen molar-refractivity contribution in [3.63, 3.8) is 0 Å². The summed E-state index contributed by atoms with van der Waals surface area (Å²) in [6, 6.07) is 9.21. The summed E-state index contributed by atoms with van der Waals surface area (Å²) in [5.74, 6) is 1.85. The van der Waals surface area contributed by atoms with Crippen LogP contribution in [0.2, 0.25) is 0 Å². The van der Waals surface area contributed by atoms with Gasteiger partial charge < -0.3 is 9.30 Å². The Kier molecular flexibility index (Phi) is 3.98. The van der Waals surface area contributed by atoms with E-state index in [0.29, 0.717) is 12.2 Å². The zero-order chi connectivity index (χ0) is 12.8. The Bertz CT molecular complexity index is 537. The molecule has 0 fully saturated rings. The van der Waals surface area contributed by atoms with Crippen molar-refractivity contribution in [2.75, 3.05) is 6.61 Å². The molecule has 0 aliphatic heterocycles. The van der Waals surface area contributed by atoms with Gasteiger partial charge in [-0.3, -0.25) is 0 Å². The summed E-state index contributed by atoms with van der Waals surface area (Å²) >= 11 is 0. The first-order valence-electron chi connectivity index (χ1n) is 5.96. The fourth-order valence-corrected chi connectivity index (χ4v) is 1.75. The van der Waals surface area contributed by atoms with Crippen LogP contribution in [0.3, 0.4) is 0 Å². The largest absolute Gasteiger partial charge is 0.492 e. The van der Waals surface area contributed by atoms with E-state index in [9.17, 15) is 0 Å². The molecule has 4 heteroatoms. The second-order valence-corrected chi connectivity index (χ2v) is 3.88. The first kappa shape index (κ1) is 12.2. The van der Waals surface area contributed by atoms with Crippen LogP contribution in [-0.2, 0) is 13.0 Å². The van der Waals surface area contributed by atoms with Gasteiger partial charge in [0.15, 0.2) is 0 Å². The third kappa shape index (κ3) is 2.89. The van der Waals surface area contributed by atoms with Crippen LogP contribution in [0.4, 0.5) is 0 Å². The molecule has 2 aromatic rings. The van der Waals surface area contributed by atoms with Gasteiger partial charge in [-0.1, -0.05) is 6.92 Å². The van der Waals surface area contributed by atoms with E-state index in [1.807, 2.05) is 18.3 Å². The van der Waals surface area contributed by atoms with Crippen LogP contribution in [0.15, 0.2) is 36.7 Å². The molecule has 0 aliphatic carbocycles. The number of hydrogen-bond donors (Lipinski definition) is 0. The van der Waals surface area contributed by atoms with Crippen LogP contribution in [0, 0.1) is 11.3 Å². The van der Waals surface area contributed by atoms with Crippen LogP contribution >= 0.6 is 0 Å². The highest BCUT2D eigenvalue weighted by Gasteiger charge is 2.00. The number of aryl methyl sites for hydroxylation is 1. The van der Waals surface area contributed by atoms with Crippen molar-refractivity contribution in [2.45, 2.75) is 19.9 Å². The zero-order valence-electron chi connectivity index (χ0n) is 10.3. The van der Waals surface area contributed by atoms with E-state index in [2.05, 4.69) is 22.5 Å². The number of rotatable bonds is 5. The Morgan fingerprint density at radius 1 is 1.33 bits per heavy atom. The lowest BCUT2D eigenvalue weighted by molar-refractivity contribution is 0.296. The Hall–Kier alpha value is -2.28. The minimum Gasteiger partial charge on any atom is -0.492 e. The zero-order valence-corrected chi connectivity index (χ0v) is 10.3. The maximum absolute atomic E-state index is 8.69. The molecule has 1 aromatic heterocycles. The van der Waals surface area contributed by atoms with E-state index in [4.69, 9.17) is 10.00 Å². The average Bonchev–Trinajstić information content (AvgIpc) is 2.87. The summed E-state index contributed by atoms with van der Waals surface area (Å²) in [5, 5.41) is 8.69. The minimum atomic E-state index is 0.593. The van der Waals surface area contributed by atoms with Crippen LogP contribution in [0.5, 0.6) is 5.75 Å². The normalized spacial score (nSPS) is 10.0. The van der Waals surface area contributed by atoms with E-state index < -0.39 is 0 Å². The fraction of sp³-hybridized carbons (Fsp3) is 0.286. The number of nitrogens with zero attached hydrogens (tertiary/aromatic N) is 3.